The lowest BCUT2D eigenvalue weighted by molar-refractivity contribution is -0.376. The average Bonchev–Trinajstić information content (AvgIpc) is 3.51. The number of aliphatic hydroxyl groups is 1. The van der Waals surface area contributed by atoms with Gasteiger partial charge in [-0.15, -0.1) is 0 Å². The monoisotopic (exact) mass is 529 g/mol. The molecule has 3 rings (SSSR count). The third-order valence-corrected chi connectivity index (χ3v) is 7.49. The van der Waals surface area contributed by atoms with E-state index in [0.717, 1.165) is 12.8 Å². The van der Waals surface area contributed by atoms with Gasteiger partial charge < -0.3 is 10.4 Å². The van der Waals surface area contributed by atoms with Crippen molar-refractivity contribution in [2.24, 2.45) is 5.92 Å². The van der Waals surface area contributed by atoms with Crippen LogP contribution in [0.5, 0.6) is 0 Å². The van der Waals surface area contributed by atoms with E-state index in [-0.39, 0.29) is 34.7 Å². The summed E-state index contributed by atoms with van der Waals surface area (Å²) in [5.74, 6) is -0.487. The highest BCUT2D eigenvalue weighted by Gasteiger charge is 2.71. The van der Waals surface area contributed by atoms with Gasteiger partial charge in [-0.05, 0) is 48.6 Å². The number of benzene rings is 2. The van der Waals surface area contributed by atoms with Crippen LogP contribution in [0.1, 0.15) is 24.0 Å². The standard InChI is InChI=1S/C21H18ClF6NO4S/c22-16-10-14(19(31,20(23,24)25)21(26,27)28)5-8-17(16)29-18(30)9-12-3-6-15(7-4-12)34(32,33)11-13-1-2-13/h3-8,10,13,31H,1-2,9,11H2,(H,29,30). The van der Waals surface area contributed by atoms with E-state index in [9.17, 15) is 44.7 Å². The summed E-state index contributed by atoms with van der Waals surface area (Å²) < 4.78 is 103. The van der Waals surface area contributed by atoms with Gasteiger partial charge in [-0.25, -0.2) is 8.42 Å². The molecule has 0 bridgehead atoms. The molecule has 2 N–H and O–H groups in total. The number of carbonyl (C=O) groups excluding carboxylic acids is 1. The zero-order valence-electron chi connectivity index (χ0n) is 17.2. The minimum absolute atomic E-state index is 0.0547. The molecule has 13 heteroatoms. The van der Waals surface area contributed by atoms with Gasteiger partial charge in [0.2, 0.25) is 5.91 Å². The first-order chi connectivity index (χ1) is 15.5. The van der Waals surface area contributed by atoms with E-state index < -0.39 is 44.3 Å². The number of sulfone groups is 1. The number of amides is 1. The third kappa shape index (κ3) is 5.49. The second-order valence-corrected chi connectivity index (χ2v) is 10.4. The lowest BCUT2D eigenvalue weighted by Gasteiger charge is -2.32. The molecule has 0 unspecified atom stereocenters. The first kappa shape index (κ1) is 26.3. The Bertz CT molecular complexity index is 1160. The van der Waals surface area contributed by atoms with Crippen molar-refractivity contribution in [2.45, 2.75) is 42.1 Å². The normalized spacial score (nSPS) is 15.3. The van der Waals surface area contributed by atoms with Gasteiger partial charge in [0.1, 0.15) is 0 Å². The van der Waals surface area contributed by atoms with Crippen LogP contribution in [0.15, 0.2) is 47.4 Å². The zero-order valence-corrected chi connectivity index (χ0v) is 18.7. The first-order valence-electron chi connectivity index (χ1n) is 9.82. The molecule has 2 aromatic rings. The number of anilines is 1. The zero-order chi connectivity index (χ0) is 25.5. The van der Waals surface area contributed by atoms with E-state index in [2.05, 4.69) is 5.32 Å². The van der Waals surface area contributed by atoms with E-state index in [0.29, 0.717) is 17.7 Å². The van der Waals surface area contributed by atoms with Gasteiger partial charge in [0.05, 0.1) is 27.8 Å². The molecule has 0 aliphatic heterocycles. The number of nitrogens with one attached hydrogen (secondary N) is 1. The highest BCUT2D eigenvalue weighted by Crippen LogP contribution is 2.50. The number of hydrogen-bond donors (Lipinski definition) is 2. The number of carbonyl (C=O) groups is 1. The highest BCUT2D eigenvalue weighted by atomic mass is 35.5. The van der Waals surface area contributed by atoms with Gasteiger partial charge in [0.15, 0.2) is 9.84 Å². The maximum absolute atomic E-state index is 13.0. The molecule has 1 fully saturated rings. The Balaban J connectivity index is 1.72. The molecule has 0 heterocycles. The van der Waals surface area contributed by atoms with E-state index in [1.807, 2.05) is 0 Å². The smallest absolute Gasteiger partial charge is 0.369 e. The number of hydrogen-bond acceptors (Lipinski definition) is 4. The van der Waals surface area contributed by atoms with Gasteiger partial charge in [-0.3, -0.25) is 4.79 Å². The molecule has 0 aromatic heterocycles. The molecule has 0 saturated heterocycles. The lowest BCUT2D eigenvalue weighted by atomic mass is 9.92. The summed E-state index contributed by atoms with van der Waals surface area (Å²) in [4.78, 5) is 12.4. The molecule has 5 nitrogen and oxygen atoms in total. The Kier molecular flexibility index (Phi) is 7.00. The minimum atomic E-state index is -6.07. The van der Waals surface area contributed by atoms with Crippen molar-refractivity contribution in [3.8, 4) is 0 Å². The molecule has 2 aromatic carbocycles. The molecular weight excluding hydrogens is 512 g/mol. The Morgan fingerprint density at radius 2 is 1.56 bits per heavy atom. The Hall–Kier alpha value is -2.31. The van der Waals surface area contributed by atoms with Crippen molar-refractivity contribution in [1.82, 2.24) is 0 Å². The summed E-state index contributed by atoms with van der Waals surface area (Å²) in [6.45, 7) is 0. The predicted molar refractivity (Wildman–Crippen MR) is 111 cm³/mol. The van der Waals surface area contributed by atoms with E-state index in [1.54, 1.807) is 0 Å². The second-order valence-electron chi connectivity index (χ2n) is 7.99. The van der Waals surface area contributed by atoms with Crippen LogP contribution >= 0.6 is 11.6 Å². The van der Waals surface area contributed by atoms with Crippen LogP contribution in [0.3, 0.4) is 0 Å². The van der Waals surface area contributed by atoms with Gasteiger partial charge in [-0.1, -0.05) is 29.8 Å². The largest absolute Gasteiger partial charge is 0.430 e. The highest BCUT2D eigenvalue weighted by molar-refractivity contribution is 7.91. The predicted octanol–water partition coefficient (Wildman–Crippen LogP) is 5.02. The lowest BCUT2D eigenvalue weighted by Crippen LogP contribution is -2.53. The van der Waals surface area contributed by atoms with Crippen LogP contribution in [0.25, 0.3) is 0 Å². The minimum Gasteiger partial charge on any atom is -0.369 e. The van der Waals surface area contributed by atoms with Crippen molar-refractivity contribution < 1.29 is 44.7 Å². The molecule has 1 aliphatic rings. The first-order valence-corrected chi connectivity index (χ1v) is 11.8. The van der Waals surface area contributed by atoms with Crippen molar-refractivity contribution in [1.29, 1.82) is 0 Å². The maximum atomic E-state index is 13.0. The van der Waals surface area contributed by atoms with Crippen LogP contribution in [-0.4, -0.2) is 37.5 Å². The van der Waals surface area contributed by atoms with Gasteiger partial charge in [0.25, 0.3) is 5.60 Å². The maximum Gasteiger partial charge on any atom is 0.430 e. The molecular formula is C21H18ClF6NO4S. The van der Waals surface area contributed by atoms with Crippen molar-refractivity contribution in [3.63, 3.8) is 0 Å². The second kappa shape index (κ2) is 9.04. The summed E-state index contributed by atoms with van der Waals surface area (Å²) in [5.41, 5.74) is -6.56. The van der Waals surface area contributed by atoms with Crippen molar-refractivity contribution in [2.75, 3.05) is 11.1 Å². The Morgan fingerprint density at radius 1 is 1.00 bits per heavy atom. The van der Waals surface area contributed by atoms with Gasteiger partial charge in [-0.2, -0.15) is 26.3 Å². The van der Waals surface area contributed by atoms with Crippen LogP contribution in [0, 0.1) is 5.92 Å². The summed E-state index contributed by atoms with van der Waals surface area (Å²) in [6, 6.07) is 6.92. The molecule has 0 radical (unpaired) electrons. The quantitative estimate of drug-likeness (QED) is 0.494. The number of halogens is 7. The van der Waals surface area contributed by atoms with Crippen molar-refractivity contribution in [3.05, 3.63) is 58.6 Å². The van der Waals surface area contributed by atoms with Crippen molar-refractivity contribution >= 4 is 33.0 Å². The molecule has 1 saturated carbocycles. The summed E-state index contributed by atoms with van der Waals surface area (Å²) in [5, 5.41) is 11.0. The van der Waals surface area contributed by atoms with Crippen LogP contribution in [0.2, 0.25) is 5.02 Å². The van der Waals surface area contributed by atoms with Crippen LogP contribution in [-0.2, 0) is 26.7 Å². The fourth-order valence-corrected chi connectivity index (χ4v) is 5.14. The average molecular weight is 530 g/mol. The SMILES string of the molecule is O=C(Cc1ccc(S(=O)(=O)CC2CC2)cc1)Nc1ccc(C(O)(C(F)(F)F)C(F)(F)F)cc1Cl. The Labute approximate surface area is 195 Å². The van der Waals surface area contributed by atoms with Crippen LogP contribution < -0.4 is 5.32 Å². The molecule has 34 heavy (non-hydrogen) atoms. The number of rotatable bonds is 7. The fourth-order valence-electron chi connectivity index (χ4n) is 3.22. The van der Waals surface area contributed by atoms with Crippen LogP contribution in [0.4, 0.5) is 32.0 Å². The number of alkyl halides is 6. The molecule has 0 atom stereocenters. The topological polar surface area (TPSA) is 83.5 Å². The van der Waals surface area contributed by atoms with E-state index in [4.69, 9.17) is 11.6 Å². The molecule has 186 valence electrons. The third-order valence-electron chi connectivity index (χ3n) is 5.28. The van der Waals surface area contributed by atoms with E-state index >= 15 is 0 Å². The molecule has 0 spiro atoms. The fraction of sp³-hybridized carbons (Fsp3) is 0.381. The Morgan fingerprint density at radius 3 is 2.03 bits per heavy atom. The van der Waals surface area contributed by atoms with Gasteiger partial charge >= 0.3 is 12.4 Å². The molecule has 1 amide bonds. The molecule has 1 aliphatic carbocycles. The summed E-state index contributed by atoms with van der Waals surface area (Å²) in [6.07, 6.45) is -10.7. The summed E-state index contributed by atoms with van der Waals surface area (Å²) >= 11 is 5.77. The van der Waals surface area contributed by atoms with Gasteiger partial charge in [0, 0.05) is 5.56 Å². The van der Waals surface area contributed by atoms with E-state index in [1.165, 1.54) is 24.3 Å². The summed E-state index contributed by atoms with van der Waals surface area (Å²) in [7, 11) is -3.43.